The number of carboxylic acids is 1. The minimum atomic E-state index is -1.16. The summed E-state index contributed by atoms with van der Waals surface area (Å²) < 4.78 is 0. The van der Waals surface area contributed by atoms with Crippen molar-refractivity contribution in [3.63, 3.8) is 0 Å². The van der Waals surface area contributed by atoms with Gasteiger partial charge < -0.3 is 15.1 Å². The lowest BCUT2D eigenvalue weighted by atomic mass is 9.73. The van der Waals surface area contributed by atoms with Crippen LogP contribution < -0.4 is 4.90 Å². The van der Waals surface area contributed by atoms with E-state index >= 15 is 0 Å². The van der Waals surface area contributed by atoms with E-state index in [0.717, 1.165) is 23.0 Å². The van der Waals surface area contributed by atoms with E-state index in [4.69, 9.17) is 0 Å². The van der Waals surface area contributed by atoms with E-state index in [1.807, 2.05) is 42.2 Å². The average molecular weight is 361 g/mol. The van der Waals surface area contributed by atoms with Crippen molar-refractivity contribution >= 4 is 22.4 Å². The summed E-state index contributed by atoms with van der Waals surface area (Å²) in [6, 6.07) is 10.0. The molecule has 1 aromatic heterocycles. The maximum absolute atomic E-state index is 12.1. The number of carboxylic acid groups (broad SMARTS) is 1. The molecule has 0 unspecified atom stereocenters. The van der Waals surface area contributed by atoms with E-state index in [1.165, 1.54) is 16.9 Å². The van der Waals surface area contributed by atoms with E-state index < -0.39 is 17.5 Å². The normalized spacial score (nSPS) is 23.6. The summed E-state index contributed by atoms with van der Waals surface area (Å²) in [5, 5.41) is 30.2. The Morgan fingerprint density at radius 2 is 2.12 bits per heavy atom. The first-order valence-electron chi connectivity index (χ1n) is 8.52. The zero-order valence-corrected chi connectivity index (χ0v) is 15.1. The number of aliphatic carboxylic acids is 1. The second kappa shape index (κ2) is 7.49. The first-order valence-corrected chi connectivity index (χ1v) is 9.33. The van der Waals surface area contributed by atoms with Crippen LogP contribution in [0.25, 0.3) is 0 Å². The van der Waals surface area contributed by atoms with Gasteiger partial charge in [0.1, 0.15) is 10.4 Å². The zero-order valence-electron chi connectivity index (χ0n) is 14.3. The Morgan fingerprint density at radius 3 is 2.76 bits per heavy atom. The number of anilines is 1. The summed E-state index contributed by atoms with van der Waals surface area (Å²) in [6.45, 7) is 2.75. The van der Waals surface area contributed by atoms with Crippen LogP contribution in [0.15, 0.2) is 30.3 Å². The molecule has 1 aromatic carbocycles. The number of nitrogens with zero attached hydrogens (tertiary/aromatic N) is 3. The number of aliphatic hydroxyl groups excluding tert-OH is 1. The predicted octanol–water partition coefficient (Wildman–Crippen LogP) is 2.51. The second-order valence-electron chi connectivity index (χ2n) is 6.63. The summed E-state index contributed by atoms with van der Waals surface area (Å²) in [5.74, 6) is -0.931. The first-order chi connectivity index (χ1) is 12.0. The summed E-state index contributed by atoms with van der Waals surface area (Å²) >= 11 is 1.46. The lowest BCUT2D eigenvalue weighted by Gasteiger charge is -2.43. The van der Waals surface area contributed by atoms with Gasteiger partial charge >= 0.3 is 5.97 Å². The molecule has 2 heterocycles. The van der Waals surface area contributed by atoms with Gasteiger partial charge in [0.15, 0.2) is 0 Å². The van der Waals surface area contributed by atoms with Crippen LogP contribution in [-0.2, 0) is 11.2 Å². The largest absolute Gasteiger partial charge is 0.481 e. The molecule has 0 aliphatic carbocycles. The lowest BCUT2D eigenvalue weighted by Crippen LogP contribution is -2.56. The van der Waals surface area contributed by atoms with Gasteiger partial charge in [-0.3, -0.25) is 4.79 Å². The molecule has 0 spiro atoms. The Balaban J connectivity index is 1.73. The number of piperidine rings is 1. The van der Waals surface area contributed by atoms with Crippen molar-refractivity contribution in [2.24, 2.45) is 5.41 Å². The SMILES string of the molecule is Cc1nnc(N2CC[C@@H](O)[C@](CCCc3ccccc3)(C(=O)O)C2)s1. The Hall–Kier alpha value is -1.99. The molecule has 1 fully saturated rings. The van der Waals surface area contributed by atoms with Crippen LogP contribution in [0.1, 0.15) is 29.8 Å². The fourth-order valence-electron chi connectivity index (χ4n) is 3.47. The van der Waals surface area contributed by atoms with E-state index in [0.29, 0.717) is 19.4 Å². The molecule has 3 rings (SSSR count). The molecule has 2 atom stereocenters. The van der Waals surface area contributed by atoms with Crippen molar-refractivity contribution in [3.05, 3.63) is 40.9 Å². The second-order valence-corrected chi connectivity index (χ2v) is 7.79. The predicted molar refractivity (Wildman–Crippen MR) is 96.9 cm³/mol. The van der Waals surface area contributed by atoms with Crippen molar-refractivity contribution in [2.75, 3.05) is 18.0 Å². The van der Waals surface area contributed by atoms with Gasteiger partial charge in [-0.25, -0.2) is 0 Å². The van der Waals surface area contributed by atoms with Gasteiger partial charge in [0.2, 0.25) is 5.13 Å². The van der Waals surface area contributed by atoms with E-state index in [-0.39, 0.29) is 6.54 Å². The monoisotopic (exact) mass is 361 g/mol. The fourth-order valence-corrected chi connectivity index (χ4v) is 4.18. The highest BCUT2D eigenvalue weighted by atomic mass is 32.1. The van der Waals surface area contributed by atoms with Crippen molar-refractivity contribution in [2.45, 2.75) is 38.7 Å². The zero-order chi connectivity index (χ0) is 17.9. The molecule has 6 nitrogen and oxygen atoms in total. The standard InChI is InChI=1S/C18H23N3O3S/c1-13-19-20-17(25-13)21-11-9-15(22)18(12-21,16(23)24)10-5-8-14-6-3-2-4-7-14/h2-4,6-7,15,22H,5,8-12H2,1H3,(H,23,24)/t15-,18-/m1/s1. The number of aryl methyl sites for hydroxylation is 2. The quantitative estimate of drug-likeness (QED) is 0.822. The summed E-state index contributed by atoms with van der Waals surface area (Å²) in [7, 11) is 0. The van der Waals surface area contributed by atoms with E-state index in [9.17, 15) is 15.0 Å². The molecule has 0 saturated carbocycles. The minimum Gasteiger partial charge on any atom is -0.481 e. The number of aromatic nitrogens is 2. The number of benzene rings is 1. The molecular weight excluding hydrogens is 338 g/mol. The van der Waals surface area contributed by atoms with Gasteiger partial charge in [0, 0.05) is 13.1 Å². The molecule has 1 saturated heterocycles. The lowest BCUT2D eigenvalue weighted by molar-refractivity contribution is -0.158. The number of aliphatic hydroxyl groups is 1. The van der Waals surface area contributed by atoms with Crippen molar-refractivity contribution in [1.82, 2.24) is 10.2 Å². The molecule has 7 heteroatoms. The van der Waals surface area contributed by atoms with Crippen LogP contribution in [0, 0.1) is 12.3 Å². The van der Waals surface area contributed by atoms with Crippen LogP contribution >= 0.6 is 11.3 Å². The molecule has 2 aromatic rings. The molecule has 134 valence electrons. The van der Waals surface area contributed by atoms with Gasteiger partial charge in [-0.2, -0.15) is 0 Å². The Bertz CT molecular complexity index is 721. The molecule has 1 aliphatic heterocycles. The first kappa shape index (κ1) is 17.8. The van der Waals surface area contributed by atoms with Gasteiger partial charge in [0.05, 0.1) is 6.10 Å². The van der Waals surface area contributed by atoms with Gasteiger partial charge in [-0.1, -0.05) is 41.7 Å². The third kappa shape index (κ3) is 3.82. The minimum absolute atomic E-state index is 0.271. The van der Waals surface area contributed by atoms with Crippen molar-refractivity contribution in [3.8, 4) is 0 Å². The molecular formula is C18H23N3O3S. The van der Waals surface area contributed by atoms with Crippen LogP contribution in [0.5, 0.6) is 0 Å². The number of rotatable bonds is 6. The highest BCUT2D eigenvalue weighted by molar-refractivity contribution is 7.15. The maximum atomic E-state index is 12.1. The third-order valence-corrected chi connectivity index (χ3v) is 5.83. The summed E-state index contributed by atoms with van der Waals surface area (Å²) in [5.41, 5.74) is 0.0250. The van der Waals surface area contributed by atoms with Crippen molar-refractivity contribution < 1.29 is 15.0 Å². The van der Waals surface area contributed by atoms with Gasteiger partial charge in [-0.05, 0) is 38.2 Å². The smallest absolute Gasteiger partial charge is 0.314 e. The van der Waals surface area contributed by atoms with Gasteiger partial charge in [0.25, 0.3) is 0 Å². The maximum Gasteiger partial charge on any atom is 0.314 e. The average Bonchev–Trinajstić information content (AvgIpc) is 3.04. The molecule has 2 N–H and O–H groups in total. The molecule has 0 amide bonds. The third-order valence-electron chi connectivity index (χ3n) is 4.93. The summed E-state index contributed by atoms with van der Waals surface area (Å²) in [6.07, 6.45) is 1.55. The topological polar surface area (TPSA) is 86.5 Å². The van der Waals surface area contributed by atoms with E-state index in [1.54, 1.807) is 0 Å². The van der Waals surface area contributed by atoms with Crippen molar-refractivity contribution in [1.29, 1.82) is 0 Å². The highest BCUT2D eigenvalue weighted by Crippen LogP contribution is 2.38. The number of hydrogen-bond acceptors (Lipinski definition) is 6. The molecule has 1 aliphatic rings. The number of hydrogen-bond donors (Lipinski definition) is 2. The van der Waals surface area contributed by atoms with E-state index in [2.05, 4.69) is 10.2 Å². The Morgan fingerprint density at radius 1 is 1.36 bits per heavy atom. The Kier molecular flexibility index (Phi) is 5.34. The molecule has 0 bridgehead atoms. The van der Waals surface area contributed by atoms with Crippen LogP contribution in [0.2, 0.25) is 0 Å². The fraction of sp³-hybridized carbons (Fsp3) is 0.500. The molecule has 0 radical (unpaired) electrons. The highest BCUT2D eigenvalue weighted by Gasteiger charge is 2.49. The van der Waals surface area contributed by atoms with Crippen LogP contribution in [0.4, 0.5) is 5.13 Å². The van der Waals surface area contributed by atoms with Crippen LogP contribution in [-0.4, -0.2) is 45.6 Å². The van der Waals surface area contributed by atoms with Gasteiger partial charge in [-0.15, -0.1) is 10.2 Å². The van der Waals surface area contributed by atoms with Crippen LogP contribution in [0.3, 0.4) is 0 Å². The summed E-state index contributed by atoms with van der Waals surface area (Å²) in [4.78, 5) is 14.0. The Labute approximate surface area is 151 Å². The molecule has 25 heavy (non-hydrogen) atoms. The number of carbonyl (C=O) groups is 1.